The van der Waals surface area contributed by atoms with E-state index in [0.717, 1.165) is 44.2 Å². The summed E-state index contributed by atoms with van der Waals surface area (Å²) < 4.78 is 11.1. The van der Waals surface area contributed by atoms with Crippen molar-refractivity contribution in [1.82, 2.24) is 9.80 Å². The summed E-state index contributed by atoms with van der Waals surface area (Å²) in [6.45, 7) is 8.33. The van der Waals surface area contributed by atoms with E-state index in [0.29, 0.717) is 13.2 Å². The molecule has 0 atom stereocenters. The second-order valence-corrected chi connectivity index (χ2v) is 5.13. The van der Waals surface area contributed by atoms with E-state index >= 15 is 0 Å². The molecule has 122 valence electrons. The molecule has 1 saturated heterocycles. The van der Waals surface area contributed by atoms with Gasteiger partial charge in [0, 0.05) is 32.2 Å². The number of benzene rings is 1. The Kier molecular flexibility index (Phi) is 8.76. The van der Waals surface area contributed by atoms with Crippen molar-refractivity contribution in [3.05, 3.63) is 24.3 Å². The molecule has 1 aliphatic heterocycles. The highest BCUT2D eigenvalue weighted by molar-refractivity contribution is 5.85. The second-order valence-electron chi connectivity index (χ2n) is 5.13. The summed E-state index contributed by atoms with van der Waals surface area (Å²) in [6.07, 6.45) is 0. The van der Waals surface area contributed by atoms with Gasteiger partial charge in [0.05, 0.1) is 13.2 Å². The number of nitrogens with zero attached hydrogens (tertiary/aromatic N) is 2. The molecule has 5 heteroatoms. The van der Waals surface area contributed by atoms with E-state index in [2.05, 4.69) is 28.7 Å². The number of likely N-dealkylation sites (N-methyl/N-ethyl adjacent to an activating group) is 1. The third-order valence-corrected chi connectivity index (χ3v) is 3.45. The molecule has 1 aromatic carbocycles. The number of halogens is 1. The molecule has 0 spiro atoms. The topological polar surface area (TPSA) is 24.9 Å². The van der Waals surface area contributed by atoms with Gasteiger partial charge in [-0.05, 0) is 26.1 Å². The van der Waals surface area contributed by atoms with Crippen LogP contribution in [0.2, 0.25) is 0 Å². The van der Waals surface area contributed by atoms with Gasteiger partial charge >= 0.3 is 0 Å². The zero-order valence-corrected chi connectivity index (χ0v) is 14.2. The first-order chi connectivity index (χ1) is 10.3. The summed E-state index contributed by atoms with van der Waals surface area (Å²) in [5, 5.41) is 0. The van der Waals surface area contributed by atoms with E-state index in [9.17, 15) is 0 Å². The first-order valence-electron chi connectivity index (χ1n) is 7.50. The molecule has 4 nitrogen and oxygen atoms in total. The van der Waals surface area contributed by atoms with Crippen LogP contribution in [0.4, 0.5) is 0 Å². The average molecular weight is 325 g/mol. The van der Waals surface area contributed by atoms with Crippen molar-refractivity contribution in [2.75, 3.05) is 53.0 Å². The van der Waals surface area contributed by atoms with Gasteiger partial charge < -0.3 is 14.4 Å². The fraction of sp³-hybridized carbons (Fsp3) is 0.529. The molecule has 0 aliphatic carbocycles. The summed E-state index contributed by atoms with van der Waals surface area (Å²) >= 11 is 0. The largest absolute Gasteiger partial charge is 0.494 e. The number of piperazine rings is 1. The van der Waals surface area contributed by atoms with Gasteiger partial charge in [-0.2, -0.15) is 0 Å². The maximum atomic E-state index is 5.62. The minimum absolute atomic E-state index is 0. The van der Waals surface area contributed by atoms with E-state index < -0.39 is 0 Å². The van der Waals surface area contributed by atoms with Crippen LogP contribution in [0.5, 0.6) is 11.5 Å². The smallest absolute Gasteiger partial charge is 0.149 e. The van der Waals surface area contributed by atoms with Gasteiger partial charge in [0.2, 0.25) is 0 Å². The van der Waals surface area contributed by atoms with Crippen LogP contribution >= 0.6 is 12.4 Å². The zero-order chi connectivity index (χ0) is 14.9. The standard InChI is InChI=1S/C17H24N2O2.ClH/c1-3-20-16-7-6-8-17(15-16)21-14-5-4-9-19-12-10-18(2)11-13-19;/h6-8,15H,3,9-14H2,1-2H3;1H. The molecule has 0 amide bonds. The van der Waals surface area contributed by atoms with Gasteiger partial charge in [-0.1, -0.05) is 17.9 Å². The van der Waals surface area contributed by atoms with Crippen LogP contribution in [0.25, 0.3) is 0 Å². The molecular formula is C17H25ClN2O2. The van der Waals surface area contributed by atoms with Gasteiger partial charge in [0.15, 0.2) is 0 Å². The van der Waals surface area contributed by atoms with Crippen LogP contribution < -0.4 is 9.47 Å². The Hall–Kier alpha value is -1.41. The van der Waals surface area contributed by atoms with Crippen molar-refractivity contribution in [3.8, 4) is 23.3 Å². The molecule has 0 aromatic heterocycles. The number of hydrogen-bond donors (Lipinski definition) is 0. The Bertz CT molecular complexity index is 491. The molecular weight excluding hydrogens is 300 g/mol. The maximum Gasteiger partial charge on any atom is 0.149 e. The predicted octanol–water partition coefficient (Wildman–Crippen LogP) is 2.14. The van der Waals surface area contributed by atoms with Crippen LogP contribution in [0.15, 0.2) is 24.3 Å². The number of ether oxygens (including phenoxy) is 2. The molecule has 2 rings (SSSR count). The Morgan fingerprint density at radius 3 is 2.41 bits per heavy atom. The van der Waals surface area contributed by atoms with Gasteiger partial charge in [0.25, 0.3) is 0 Å². The summed E-state index contributed by atoms with van der Waals surface area (Å²) in [5.41, 5.74) is 0. The van der Waals surface area contributed by atoms with Crippen LogP contribution in [-0.2, 0) is 0 Å². The van der Waals surface area contributed by atoms with E-state index in [4.69, 9.17) is 9.47 Å². The lowest BCUT2D eigenvalue weighted by Gasteiger charge is -2.30. The maximum absolute atomic E-state index is 5.62. The van der Waals surface area contributed by atoms with Crippen molar-refractivity contribution in [3.63, 3.8) is 0 Å². The normalized spacial score (nSPS) is 15.4. The minimum atomic E-state index is 0. The lowest BCUT2D eigenvalue weighted by atomic mass is 10.3. The minimum Gasteiger partial charge on any atom is -0.494 e. The van der Waals surface area contributed by atoms with E-state index in [-0.39, 0.29) is 12.4 Å². The summed E-state index contributed by atoms with van der Waals surface area (Å²) in [4.78, 5) is 4.72. The van der Waals surface area contributed by atoms with Gasteiger partial charge in [0.1, 0.15) is 18.1 Å². The highest BCUT2D eigenvalue weighted by Crippen LogP contribution is 2.18. The molecule has 0 unspecified atom stereocenters. The summed E-state index contributed by atoms with van der Waals surface area (Å²) in [6, 6.07) is 7.67. The first kappa shape index (κ1) is 18.6. The molecule has 1 aliphatic rings. The van der Waals surface area contributed by atoms with Crippen LogP contribution in [0, 0.1) is 11.8 Å². The quantitative estimate of drug-likeness (QED) is 0.775. The molecule has 0 bridgehead atoms. The summed E-state index contributed by atoms with van der Waals surface area (Å²) in [7, 11) is 2.16. The first-order valence-corrected chi connectivity index (χ1v) is 7.50. The SMILES string of the molecule is CCOc1cccc(OCC#CCN2CCN(C)CC2)c1.Cl. The third-order valence-electron chi connectivity index (χ3n) is 3.45. The van der Waals surface area contributed by atoms with Gasteiger partial charge in [-0.3, -0.25) is 4.90 Å². The molecule has 1 aromatic rings. The lowest BCUT2D eigenvalue weighted by Crippen LogP contribution is -2.44. The Balaban J connectivity index is 0.00000242. The van der Waals surface area contributed by atoms with Crippen molar-refractivity contribution in [2.45, 2.75) is 6.92 Å². The number of hydrogen-bond acceptors (Lipinski definition) is 4. The van der Waals surface area contributed by atoms with Crippen molar-refractivity contribution in [2.24, 2.45) is 0 Å². The molecule has 1 fully saturated rings. The second kappa shape index (κ2) is 10.3. The predicted molar refractivity (Wildman–Crippen MR) is 92.1 cm³/mol. The van der Waals surface area contributed by atoms with E-state index in [1.165, 1.54) is 0 Å². The van der Waals surface area contributed by atoms with E-state index in [1.807, 2.05) is 31.2 Å². The fourth-order valence-electron chi connectivity index (χ4n) is 2.16. The van der Waals surface area contributed by atoms with Crippen molar-refractivity contribution >= 4 is 12.4 Å². The zero-order valence-electron chi connectivity index (χ0n) is 13.4. The highest BCUT2D eigenvalue weighted by atomic mass is 35.5. The Labute approximate surface area is 139 Å². The molecule has 0 N–H and O–H groups in total. The monoisotopic (exact) mass is 324 g/mol. The van der Waals surface area contributed by atoms with Gasteiger partial charge in [-0.15, -0.1) is 12.4 Å². The lowest BCUT2D eigenvalue weighted by molar-refractivity contribution is 0.168. The molecule has 1 heterocycles. The van der Waals surface area contributed by atoms with E-state index in [1.54, 1.807) is 0 Å². The summed E-state index contributed by atoms with van der Waals surface area (Å²) in [5.74, 6) is 7.89. The van der Waals surface area contributed by atoms with Crippen LogP contribution in [0.1, 0.15) is 6.92 Å². The highest BCUT2D eigenvalue weighted by Gasteiger charge is 2.11. The Morgan fingerprint density at radius 2 is 1.73 bits per heavy atom. The van der Waals surface area contributed by atoms with Crippen LogP contribution in [-0.4, -0.2) is 62.8 Å². The fourth-order valence-corrected chi connectivity index (χ4v) is 2.16. The van der Waals surface area contributed by atoms with Crippen molar-refractivity contribution < 1.29 is 9.47 Å². The number of rotatable bonds is 5. The van der Waals surface area contributed by atoms with Gasteiger partial charge in [-0.25, -0.2) is 0 Å². The van der Waals surface area contributed by atoms with Crippen LogP contribution in [0.3, 0.4) is 0 Å². The Morgan fingerprint density at radius 1 is 1.05 bits per heavy atom. The average Bonchev–Trinajstić information content (AvgIpc) is 2.50. The van der Waals surface area contributed by atoms with Crippen molar-refractivity contribution in [1.29, 1.82) is 0 Å². The third kappa shape index (κ3) is 6.57. The molecule has 0 saturated carbocycles. The molecule has 22 heavy (non-hydrogen) atoms. The molecule has 0 radical (unpaired) electrons.